The van der Waals surface area contributed by atoms with E-state index in [0.29, 0.717) is 12.6 Å². The van der Waals surface area contributed by atoms with E-state index in [0.717, 1.165) is 32.6 Å². The van der Waals surface area contributed by atoms with Crippen LogP contribution in [0.2, 0.25) is 0 Å². The summed E-state index contributed by atoms with van der Waals surface area (Å²) >= 11 is 0. The summed E-state index contributed by atoms with van der Waals surface area (Å²) in [5.74, 6) is 0.0558. The fourth-order valence-corrected chi connectivity index (χ4v) is 1.63. The molecular weight excluding hydrogens is 270 g/mol. The van der Waals surface area contributed by atoms with E-state index in [1.54, 1.807) is 0 Å². The Morgan fingerprint density at radius 2 is 1.57 bits per heavy atom. The van der Waals surface area contributed by atoms with Gasteiger partial charge in [0.2, 0.25) is 0 Å². The molecule has 0 bridgehead atoms. The highest BCUT2D eigenvalue weighted by Crippen LogP contribution is 2.03. The van der Waals surface area contributed by atoms with E-state index in [2.05, 4.69) is 26.1 Å². The van der Waals surface area contributed by atoms with Gasteiger partial charge in [0.25, 0.3) is 0 Å². The second-order valence-corrected chi connectivity index (χ2v) is 5.80. The number of Topliss-reactive ketones (excluding diaryl/α,β-unsaturated/α-hetero) is 1. The Hall–Kier alpha value is -0.490. The molecule has 0 spiro atoms. The van der Waals surface area contributed by atoms with E-state index in [9.17, 15) is 4.79 Å². The first kappa shape index (κ1) is 20.5. The van der Waals surface area contributed by atoms with Crippen molar-refractivity contribution < 1.29 is 19.0 Å². The van der Waals surface area contributed by atoms with Crippen LogP contribution in [-0.2, 0) is 19.0 Å². The second-order valence-electron chi connectivity index (χ2n) is 5.80. The summed E-state index contributed by atoms with van der Waals surface area (Å²) in [4.78, 5) is 10.8. The van der Waals surface area contributed by atoms with Crippen LogP contribution in [0.4, 0.5) is 0 Å². The summed E-state index contributed by atoms with van der Waals surface area (Å²) in [6.07, 6.45) is 1.93. The zero-order valence-corrected chi connectivity index (χ0v) is 14.3. The number of carbonyl (C=O) groups excluding carboxylic acids is 1. The maximum absolute atomic E-state index is 10.8. The number of ketones is 1. The van der Waals surface area contributed by atoms with Crippen LogP contribution in [0.15, 0.2) is 0 Å². The molecule has 0 heterocycles. The molecule has 1 N–H and O–H groups in total. The SMILES string of the molecule is CC(=O)COC(C)CCOC(C)CCOCCNC(C)C. The van der Waals surface area contributed by atoms with Crippen molar-refractivity contribution in [2.24, 2.45) is 0 Å². The van der Waals surface area contributed by atoms with Gasteiger partial charge in [-0.2, -0.15) is 0 Å². The summed E-state index contributed by atoms with van der Waals surface area (Å²) in [5.41, 5.74) is 0. The number of ether oxygens (including phenoxy) is 3. The first-order chi connectivity index (χ1) is 9.91. The molecule has 0 aromatic carbocycles. The van der Waals surface area contributed by atoms with Gasteiger partial charge in [-0.15, -0.1) is 0 Å². The largest absolute Gasteiger partial charge is 0.380 e. The molecule has 0 aliphatic heterocycles. The zero-order valence-electron chi connectivity index (χ0n) is 14.3. The molecular formula is C16H33NO4. The smallest absolute Gasteiger partial charge is 0.155 e. The maximum atomic E-state index is 10.8. The molecule has 0 aliphatic rings. The first-order valence-electron chi connectivity index (χ1n) is 7.95. The molecule has 0 saturated heterocycles. The van der Waals surface area contributed by atoms with Gasteiger partial charge in [-0.05, 0) is 33.6 Å². The Kier molecular flexibility index (Phi) is 12.9. The van der Waals surface area contributed by atoms with Crippen molar-refractivity contribution >= 4 is 5.78 Å². The zero-order chi connectivity index (χ0) is 16.1. The van der Waals surface area contributed by atoms with Crippen LogP contribution >= 0.6 is 0 Å². The standard InChI is InChI=1S/C16H33NO4/c1-13(2)17-8-11-19-9-6-15(4)20-10-7-16(5)21-12-14(3)18/h13,15-17H,6-12H2,1-5H3. The Balaban J connectivity index is 3.37. The first-order valence-corrected chi connectivity index (χ1v) is 7.95. The molecule has 5 nitrogen and oxygen atoms in total. The Labute approximate surface area is 129 Å². The van der Waals surface area contributed by atoms with Crippen LogP contribution in [0.25, 0.3) is 0 Å². The normalized spacial score (nSPS) is 14.4. The van der Waals surface area contributed by atoms with Crippen molar-refractivity contribution in [2.75, 3.05) is 33.0 Å². The van der Waals surface area contributed by atoms with E-state index in [4.69, 9.17) is 14.2 Å². The number of carbonyl (C=O) groups is 1. The minimum Gasteiger partial charge on any atom is -0.380 e. The molecule has 0 radical (unpaired) electrons. The summed E-state index contributed by atoms with van der Waals surface area (Å²) < 4.78 is 16.6. The quantitative estimate of drug-likeness (QED) is 0.498. The predicted molar refractivity (Wildman–Crippen MR) is 84.7 cm³/mol. The van der Waals surface area contributed by atoms with Crippen molar-refractivity contribution in [1.29, 1.82) is 0 Å². The van der Waals surface area contributed by atoms with Crippen LogP contribution in [-0.4, -0.2) is 57.0 Å². The Morgan fingerprint density at radius 1 is 0.952 bits per heavy atom. The second kappa shape index (κ2) is 13.2. The summed E-state index contributed by atoms with van der Waals surface area (Å²) in [7, 11) is 0. The molecule has 5 heteroatoms. The maximum Gasteiger partial charge on any atom is 0.155 e. The van der Waals surface area contributed by atoms with E-state index in [1.807, 2.05) is 6.92 Å². The third-order valence-corrected chi connectivity index (χ3v) is 2.97. The topological polar surface area (TPSA) is 56.8 Å². The van der Waals surface area contributed by atoms with Gasteiger partial charge >= 0.3 is 0 Å². The third kappa shape index (κ3) is 15.7. The summed E-state index contributed by atoms with van der Waals surface area (Å²) in [6, 6.07) is 0.503. The van der Waals surface area contributed by atoms with Gasteiger partial charge in [0.1, 0.15) is 6.61 Å². The highest BCUT2D eigenvalue weighted by Gasteiger charge is 2.06. The van der Waals surface area contributed by atoms with E-state index in [-0.39, 0.29) is 24.6 Å². The molecule has 0 aromatic heterocycles. The van der Waals surface area contributed by atoms with Gasteiger partial charge in [-0.1, -0.05) is 13.8 Å². The van der Waals surface area contributed by atoms with Gasteiger partial charge in [0.15, 0.2) is 5.78 Å². The number of rotatable bonds is 14. The lowest BCUT2D eigenvalue weighted by atomic mass is 10.2. The summed E-state index contributed by atoms with van der Waals surface area (Å²) in [5, 5.41) is 3.31. The highest BCUT2D eigenvalue weighted by molar-refractivity contribution is 5.76. The average Bonchev–Trinajstić information content (AvgIpc) is 2.40. The van der Waals surface area contributed by atoms with Gasteiger partial charge in [-0.25, -0.2) is 0 Å². The van der Waals surface area contributed by atoms with Gasteiger partial charge in [-0.3, -0.25) is 4.79 Å². The Bertz CT molecular complexity index is 259. The minimum absolute atomic E-state index is 0.0551. The molecule has 0 aliphatic carbocycles. The molecule has 0 amide bonds. The molecule has 0 saturated carbocycles. The lowest BCUT2D eigenvalue weighted by molar-refractivity contribution is -0.123. The summed E-state index contributed by atoms with van der Waals surface area (Å²) in [6.45, 7) is 13.0. The lowest BCUT2D eigenvalue weighted by Crippen LogP contribution is -2.27. The van der Waals surface area contributed by atoms with Crippen LogP contribution in [0, 0.1) is 0 Å². The Morgan fingerprint density at radius 3 is 2.19 bits per heavy atom. The number of hydrogen-bond donors (Lipinski definition) is 1. The average molecular weight is 303 g/mol. The number of nitrogens with one attached hydrogen (secondary N) is 1. The lowest BCUT2D eigenvalue weighted by Gasteiger charge is -2.16. The fourth-order valence-electron chi connectivity index (χ4n) is 1.63. The van der Waals surface area contributed by atoms with Crippen molar-refractivity contribution in [3.8, 4) is 0 Å². The fraction of sp³-hybridized carbons (Fsp3) is 0.938. The van der Waals surface area contributed by atoms with E-state index >= 15 is 0 Å². The van der Waals surface area contributed by atoms with Crippen LogP contribution in [0.3, 0.4) is 0 Å². The molecule has 0 fully saturated rings. The molecule has 21 heavy (non-hydrogen) atoms. The minimum atomic E-state index is 0.0551. The van der Waals surface area contributed by atoms with Gasteiger partial charge in [0.05, 0.1) is 18.8 Å². The van der Waals surface area contributed by atoms with Crippen LogP contribution in [0.1, 0.15) is 47.5 Å². The third-order valence-electron chi connectivity index (χ3n) is 2.97. The molecule has 2 unspecified atom stereocenters. The van der Waals surface area contributed by atoms with Crippen LogP contribution < -0.4 is 5.32 Å². The van der Waals surface area contributed by atoms with Gasteiger partial charge < -0.3 is 19.5 Å². The van der Waals surface area contributed by atoms with Crippen LogP contribution in [0.5, 0.6) is 0 Å². The van der Waals surface area contributed by atoms with Crippen molar-refractivity contribution in [1.82, 2.24) is 5.32 Å². The monoisotopic (exact) mass is 303 g/mol. The van der Waals surface area contributed by atoms with Crippen molar-refractivity contribution in [2.45, 2.75) is 65.7 Å². The molecule has 2 atom stereocenters. The predicted octanol–water partition coefficient (Wildman–Crippen LogP) is 2.18. The van der Waals surface area contributed by atoms with Crippen molar-refractivity contribution in [3.05, 3.63) is 0 Å². The molecule has 126 valence electrons. The van der Waals surface area contributed by atoms with Crippen molar-refractivity contribution in [3.63, 3.8) is 0 Å². The molecule has 0 aromatic rings. The molecule has 0 rings (SSSR count). The van der Waals surface area contributed by atoms with E-state index < -0.39 is 0 Å². The van der Waals surface area contributed by atoms with E-state index in [1.165, 1.54) is 6.92 Å². The number of hydrogen-bond acceptors (Lipinski definition) is 5. The van der Waals surface area contributed by atoms with Gasteiger partial charge in [0, 0.05) is 25.8 Å². The highest BCUT2D eigenvalue weighted by atomic mass is 16.5.